The van der Waals surface area contributed by atoms with Crippen LogP contribution < -0.4 is 4.90 Å². The number of fused-ring (bicyclic) bond motifs is 1. The fraction of sp³-hybridized carbons (Fsp3) is 0.526. The van der Waals surface area contributed by atoms with Gasteiger partial charge in [0.2, 0.25) is 0 Å². The number of aromatic nitrogens is 1. The number of halogens is 1. The molecular weight excluding hydrogens is 306 g/mol. The van der Waals surface area contributed by atoms with E-state index in [2.05, 4.69) is 27.8 Å². The highest BCUT2D eigenvalue weighted by Gasteiger charge is 2.30. The van der Waals surface area contributed by atoms with Gasteiger partial charge in [-0.3, -0.25) is 9.88 Å². The number of hydrogen-bond acceptors (Lipinski definition) is 3. The third-order valence-electron chi connectivity index (χ3n) is 5.56. The topological polar surface area (TPSA) is 19.4 Å². The molecule has 4 rings (SSSR count). The van der Waals surface area contributed by atoms with Gasteiger partial charge >= 0.3 is 0 Å². The van der Waals surface area contributed by atoms with Crippen LogP contribution in [0.25, 0.3) is 10.9 Å². The average molecular weight is 330 g/mol. The van der Waals surface area contributed by atoms with Crippen molar-refractivity contribution in [1.82, 2.24) is 9.88 Å². The lowest BCUT2D eigenvalue weighted by Crippen LogP contribution is -2.46. The summed E-state index contributed by atoms with van der Waals surface area (Å²) in [6.07, 6.45) is 7.17. The van der Waals surface area contributed by atoms with E-state index in [9.17, 15) is 0 Å². The number of nitrogens with zero attached hydrogens (tertiary/aromatic N) is 3. The maximum atomic E-state index is 6.20. The van der Waals surface area contributed by atoms with Crippen LogP contribution in [0.1, 0.15) is 32.6 Å². The first kappa shape index (κ1) is 15.2. The molecule has 3 heterocycles. The Hall–Kier alpha value is -1.32. The monoisotopic (exact) mass is 329 g/mol. The standard InChI is InChI=1S/C19H24ClN3/c1-14-3-2-10-23(14)16-7-11-22(12-8-16)19-6-9-21-18-5-4-15(20)13-17(18)19/h4-6,9,13-14,16H,2-3,7-8,10-12H2,1H3. The molecule has 1 aromatic heterocycles. The van der Waals surface area contributed by atoms with Crippen molar-refractivity contribution in [2.24, 2.45) is 0 Å². The molecule has 0 N–H and O–H groups in total. The molecule has 1 aromatic carbocycles. The molecule has 2 fully saturated rings. The van der Waals surface area contributed by atoms with Gasteiger partial charge in [0.15, 0.2) is 0 Å². The second kappa shape index (κ2) is 6.29. The van der Waals surface area contributed by atoms with Crippen molar-refractivity contribution in [3.63, 3.8) is 0 Å². The van der Waals surface area contributed by atoms with Gasteiger partial charge in [-0.15, -0.1) is 0 Å². The van der Waals surface area contributed by atoms with Crippen LogP contribution in [0.4, 0.5) is 5.69 Å². The minimum absolute atomic E-state index is 0.764. The normalized spacial score (nSPS) is 23.7. The van der Waals surface area contributed by atoms with Crippen LogP contribution in [0.5, 0.6) is 0 Å². The summed E-state index contributed by atoms with van der Waals surface area (Å²) in [5.74, 6) is 0. The first-order chi connectivity index (χ1) is 11.2. The van der Waals surface area contributed by atoms with Crippen molar-refractivity contribution >= 4 is 28.2 Å². The molecule has 0 spiro atoms. The summed E-state index contributed by atoms with van der Waals surface area (Å²) in [6, 6.07) is 9.65. The van der Waals surface area contributed by atoms with Crippen molar-refractivity contribution in [3.05, 3.63) is 35.5 Å². The van der Waals surface area contributed by atoms with Crippen molar-refractivity contribution in [2.75, 3.05) is 24.5 Å². The Bertz CT molecular complexity index is 694. The summed E-state index contributed by atoms with van der Waals surface area (Å²) < 4.78 is 0. The van der Waals surface area contributed by atoms with Gasteiger partial charge in [0.1, 0.15) is 0 Å². The molecule has 2 aromatic rings. The van der Waals surface area contributed by atoms with Crippen molar-refractivity contribution in [3.8, 4) is 0 Å². The Morgan fingerprint density at radius 3 is 2.65 bits per heavy atom. The molecule has 122 valence electrons. The molecule has 2 aliphatic rings. The van der Waals surface area contributed by atoms with E-state index in [1.807, 2.05) is 24.4 Å². The molecule has 0 radical (unpaired) electrons. The van der Waals surface area contributed by atoms with Crippen LogP contribution in [0.3, 0.4) is 0 Å². The lowest BCUT2D eigenvalue weighted by atomic mass is 10.0. The highest BCUT2D eigenvalue weighted by molar-refractivity contribution is 6.31. The van der Waals surface area contributed by atoms with Gasteiger partial charge in [-0.25, -0.2) is 0 Å². The molecule has 0 bridgehead atoms. The van der Waals surface area contributed by atoms with Crippen molar-refractivity contribution in [1.29, 1.82) is 0 Å². The molecule has 1 unspecified atom stereocenters. The smallest absolute Gasteiger partial charge is 0.0723 e. The van der Waals surface area contributed by atoms with E-state index >= 15 is 0 Å². The third-order valence-corrected chi connectivity index (χ3v) is 5.79. The maximum Gasteiger partial charge on any atom is 0.0723 e. The first-order valence-corrected chi connectivity index (χ1v) is 9.15. The summed E-state index contributed by atoms with van der Waals surface area (Å²) in [6.45, 7) is 5.93. The summed E-state index contributed by atoms with van der Waals surface area (Å²) in [7, 11) is 0. The maximum absolute atomic E-state index is 6.20. The fourth-order valence-electron chi connectivity index (χ4n) is 4.32. The Morgan fingerprint density at radius 1 is 1.09 bits per heavy atom. The van der Waals surface area contributed by atoms with Gasteiger partial charge in [0.05, 0.1) is 5.52 Å². The van der Waals surface area contributed by atoms with E-state index < -0.39 is 0 Å². The molecule has 3 nitrogen and oxygen atoms in total. The Kier molecular flexibility index (Phi) is 4.16. The number of likely N-dealkylation sites (tertiary alicyclic amines) is 1. The Morgan fingerprint density at radius 2 is 1.91 bits per heavy atom. The lowest BCUT2D eigenvalue weighted by molar-refractivity contribution is 0.163. The van der Waals surface area contributed by atoms with Gasteiger partial charge < -0.3 is 4.90 Å². The Labute approximate surface area is 143 Å². The number of rotatable bonds is 2. The zero-order valence-electron chi connectivity index (χ0n) is 13.7. The van der Waals surface area contributed by atoms with Crippen LogP contribution in [0.2, 0.25) is 5.02 Å². The zero-order valence-corrected chi connectivity index (χ0v) is 14.5. The molecule has 0 amide bonds. The van der Waals surface area contributed by atoms with Crippen LogP contribution in [-0.4, -0.2) is 41.6 Å². The van der Waals surface area contributed by atoms with E-state index in [0.717, 1.165) is 35.7 Å². The minimum atomic E-state index is 0.764. The molecule has 4 heteroatoms. The number of pyridine rings is 1. The summed E-state index contributed by atoms with van der Waals surface area (Å²) >= 11 is 6.20. The SMILES string of the molecule is CC1CCCN1C1CCN(c2ccnc3ccc(Cl)cc23)CC1. The number of piperidine rings is 1. The molecule has 1 atom stereocenters. The third kappa shape index (κ3) is 2.92. The van der Waals surface area contributed by atoms with Gasteiger partial charge in [0.25, 0.3) is 0 Å². The summed E-state index contributed by atoms with van der Waals surface area (Å²) in [4.78, 5) is 9.72. The summed E-state index contributed by atoms with van der Waals surface area (Å²) in [5, 5.41) is 1.96. The fourth-order valence-corrected chi connectivity index (χ4v) is 4.49. The quantitative estimate of drug-likeness (QED) is 0.817. The highest BCUT2D eigenvalue weighted by Crippen LogP contribution is 2.32. The van der Waals surface area contributed by atoms with Crippen molar-refractivity contribution < 1.29 is 0 Å². The van der Waals surface area contributed by atoms with E-state index in [1.54, 1.807) is 0 Å². The summed E-state index contributed by atoms with van der Waals surface area (Å²) in [5.41, 5.74) is 2.31. The van der Waals surface area contributed by atoms with E-state index in [0.29, 0.717) is 0 Å². The van der Waals surface area contributed by atoms with Crippen LogP contribution in [0, 0.1) is 0 Å². The average Bonchev–Trinajstić information content (AvgIpc) is 3.00. The second-order valence-electron chi connectivity index (χ2n) is 6.94. The van der Waals surface area contributed by atoms with Gasteiger partial charge in [-0.05, 0) is 63.4 Å². The second-order valence-corrected chi connectivity index (χ2v) is 7.38. The highest BCUT2D eigenvalue weighted by atomic mass is 35.5. The largest absolute Gasteiger partial charge is 0.371 e. The van der Waals surface area contributed by atoms with Gasteiger partial charge in [0, 0.05) is 47.5 Å². The molecule has 0 aliphatic carbocycles. The van der Waals surface area contributed by atoms with Crippen molar-refractivity contribution in [2.45, 2.75) is 44.7 Å². The molecule has 23 heavy (non-hydrogen) atoms. The van der Waals surface area contributed by atoms with Crippen LogP contribution in [0.15, 0.2) is 30.5 Å². The van der Waals surface area contributed by atoms with E-state index in [4.69, 9.17) is 11.6 Å². The Balaban J connectivity index is 1.53. The number of hydrogen-bond donors (Lipinski definition) is 0. The molecule has 0 saturated carbocycles. The predicted molar refractivity (Wildman–Crippen MR) is 97.4 cm³/mol. The molecule has 2 aliphatic heterocycles. The van der Waals surface area contributed by atoms with Gasteiger partial charge in [-0.2, -0.15) is 0 Å². The van der Waals surface area contributed by atoms with E-state index in [-0.39, 0.29) is 0 Å². The lowest BCUT2D eigenvalue weighted by Gasteiger charge is -2.39. The predicted octanol–water partition coefficient (Wildman–Crippen LogP) is 4.34. The minimum Gasteiger partial charge on any atom is -0.371 e. The zero-order chi connectivity index (χ0) is 15.8. The number of benzene rings is 1. The van der Waals surface area contributed by atoms with Crippen LogP contribution >= 0.6 is 11.6 Å². The molecular formula is C19H24ClN3. The van der Waals surface area contributed by atoms with E-state index in [1.165, 1.54) is 43.3 Å². The van der Waals surface area contributed by atoms with Crippen LogP contribution in [-0.2, 0) is 0 Å². The van der Waals surface area contributed by atoms with Gasteiger partial charge in [-0.1, -0.05) is 11.6 Å². The number of anilines is 1. The molecule has 2 saturated heterocycles. The first-order valence-electron chi connectivity index (χ1n) is 8.77.